The molecule has 0 spiro atoms. The zero-order valence-corrected chi connectivity index (χ0v) is 17.7. The van der Waals surface area contributed by atoms with E-state index in [0.29, 0.717) is 0 Å². The summed E-state index contributed by atoms with van der Waals surface area (Å²) >= 11 is 0. The van der Waals surface area contributed by atoms with Crippen LogP contribution in [0.3, 0.4) is 0 Å². The maximum atomic E-state index is 14.1. The Labute approximate surface area is 167 Å². The molecule has 4 heteroatoms. The van der Waals surface area contributed by atoms with Crippen molar-refractivity contribution in [2.45, 2.75) is 41.1 Å². The fourth-order valence-corrected chi connectivity index (χ4v) is 8.62. The van der Waals surface area contributed by atoms with Gasteiger partial charge in [0.05, 0.1) is 0 Å². The summed E-state index contributed by atoms with van der Waals surface area (Å²) in [5.41, 5.74) is -0.656. The smallest absolute Gasteiger partial charge is 0.365 e. The number of ether oxygens (including phenoxy) is 1. The monoisotopic (exact) mass is 396 g/mol. The van der Waals surface area contributed by atoms with Crippen molar-refractivity contribution in [2.24, 2.45) is 0 Å². The van der Waals surface area contributed by atoms with E-state index in [-0.39, 0.29) is 5.30 Å². The molecule has 0 aliphatic carbocycles. The molecule has 3 nitrogen and oxygen atoms in total. The normalized spacial score (nSPS) is 13.4. The van der Waals surface area contributed by atoms with Crippen molar-refractivity contribution in [3.63, 3.8) is 0 Å². The maximum absolute atomic E-state index is 14.1. The number of carbonyl (C=O) groups is 1. The van der Waals surface area contributed by atoms with Gasteiger partial charge in [0.25, 0.3) is 0 Å². The molecule has 0 aliphatic rings. The van der Waals surface area contributed by atoms with Crippen LogP contribution in [0.5, 0.6) is 0 Å². The van der Waals surface area contributed by atoms with Gasteiger partial charge in [-0.1, -0.05) is 64.0 Å². The summed E-state index contributed by atoms with van der Waals surface area (Å²) in [5.74, 6) is 0. The van der Waals surface area contributed by atoms with Gasteiger partial charge >= 0.3 is 5.30 Å². The lowest BCUT2D eigenvalue weighted by Crippen LogP contribution is -2.36. The van der Waals surface area contributed by atoms with E-state index < -0.39 is 15.0 Å². The maximum Gasteiger partial charge on any atom is 0.365 e. The van der Waals surface area contributed by atoms with Crippen LogP contribution in [0.2, 0.25) is 0 Å². The Kier molecular flexibility index (Phi) is 5.37. The van der Waals surface area contributed by atoms with Crippen molar-refractivity contribution < 1.29 is 13.7 Å². The summed E-state index contributed by atoms with van der Waals surface area (Å²) in [5, 5.41) is -0.343. The second-order valence-corrected chi connectivity index (χ2v) is 12.1. The van der Waals surface area contributed by atoms with Gasteiger partial charge < -0.3 is 8.92 Å². The van der Waals surface area contributed by atoms with E-state index in [0.717, 1.165) is 14.7 Å². The van der Waals surface area contributed by atoms with Crippen LogP contribution >= 0.6 is 9.44 Å². The first-order valence-corrected chi connectivity index (χ1v) is 11.5. The summed E-state index contributed by atoms with van der Waals surface area (Å²) in [6, 6.07) is 29.2. The van der Waals surface area contributed by atoms with Crippen LogP contribution in [0.15, 0.2) is 106 Å². The summed E-state index contributed by atoms with van der Waals surface area (Å²) < 4.78 is 12.5. The molecule has 0 radical (unpaired) electrons. The van der Waals surface area contributed by atoms with Crippen molar-refractivity contribution >= 4 is 14.7 Å². The zero-order valence-electron chi connectivity index (χ0n) is 16.8. The van der Waals surface area contributed by atoms with E-state index in [4.69, 9.17) is 8.92 Å². The molecular formula is C24H28O3S. The Morgan fingerprint density at radius 3 is 1.25 bits per heavy atom. The van der Waals surface area contributed by atoms with Gasteiger partial charge in [0.2, 0.25) is 0 Å². The Hall–Kier alpha value is -2.56. The van der Waals surface area contributed by atoms with Crippen molar-refractivity contribution in [2.75, 3.05) is 7.11 Å². The second-order valence-electron chi connectivity index (χ2n) is 7.71. The van der Waals surface area contributed by atoms with Crippen molar-refractivity contribution in [1.29, 1.82) is 0 Å². The largest absolute Gasteiger partial charge is 0.452 e. The molecule has 0 unspecified atom stereocenters. The molecule has 0 saturated heterocycles. The lowest BCUT2D eigenvalue weighted by atomic mass is 10.2. The summed E-state index contributed by atoms with van der Waals surface area (Å²) in [7, 11) is -2.42. The van der Waals surface area contributed by atoms with Gasteiger partial charge in [0.1, 0.15) is 5.60 Å². The Balaban J connectivity index is 2.51. The van der Waals surface area contributed by atoms with Crippen LogP contribution in [0.1, 0.15) is 20.8 Å². The third-order valence-corrected chi connectivity index (χ3v) is 10.2. The molecule has 0 atom stereocenters. The molecule has 0 aromatic heterocycles. The van der Waals surface area contributed by atoms with Gasteiger partial charge in [-0.05, 0) is 57.2 Å². The van der Waals surface area contributed by atoms with Crippen molar-refractivity contribution in [3.05, 3.63) is 91.0 Å². The minimum absolute atomic E-state index is 0.343. The highest BCUT2D eigenvalue weighted by atomic mass is 32.3. The SMILES string of the molecule is CO[SH](C(=O)OC(C)(C)C)(c1ccccc1)(c1ccccc1)c1ccccc1. The molecule has 0 fully saturated rings. The van der Waals surface area contributed by atoms with E-state index in [9.17, 15) is 4.79 Å². The topological polar surface area (TPSA) is 35.5 Å². The molecule has 148 valence electrons. The van der Waals surface area contributed by atoms with Crippen molar-refractivity contribution in [1.82, 2.24) is 0 Å². The summed E-state index contributed by atoms with van der Waals surface area (Å²) in [4.78, 5) is 16.6. The number of benzene rings is 3. The highest BCUT2D eigenvalue weighted by Crippen LogP contribution is 2.86. The standard InChI is InChI=1S/C24H28O3S/c1-24(2,3)27-23(25)28(26-4,20-14-8-5-9-15-20,21-16-10-6-11-17-21)22-18-12-7-13-19-22/h5-19,28H,1-4H3. The number of thiol groups is 1. The average Bonchev–Trinajstić information content (AvgIpc) is 2.71. The quantitative estimate of drug-likeness (QED) is 0.392. The number of hydrogen-bond donors (Lipinski definition) is 1. The molecule has 3 aromatic rings. The minimum atomic E-state index is -4.04. The number of carbonyl (C=O) groups excluding carboxylic acids is 1. The van der Waals surface area contributed by atoms with E-state index in [2.05, 4.69) is 0 Å². The van der Waals surface area contributed by atoms with Crippen LogP contribution in [0, 0.1) is 0 Å². The molecule has 0 heterocycles. The highest BCUT2D eigenvalue weighted by Gasteiger charge is 2.55. The average molecular weight is 397 g/mol. The van der Waals surface area contributed by atoms with Gasteiger partial charge in [-0.25, -0.2) is 4.79 Å². The first-order chi connectivity index (χ1) is 13.3. The van der Waals surface area contributed by atoms with Crippen LogP contribution in [0.4, 0.5) is 4.79 Å². The van der Waals surface area contributed by atoms with Crippen LogP contribution in [-0.4, -0.2) is 18.0 Å². The Morgan fingerprint density at radius 2 is 1.00 bits per heavy atom. The predicted octanol–water partition coefficient (Wildman–Crippen LogP) is 6.73. The molecule has 0 bridgehead atoms. The van der Waals surface area contributed by atoms with Gasteiger partial charge in [-0.15, -0.1) is 0 Å². The van der Waals surface area contributed by atoms with Gasteiger partial charge in [-0.2, -0.15) is 0 Å². The number of rotatable bonds is 4. The van der Waals surface area contributed by atoms with Gasteiger partial charge in [0.15, 0.2) is 0 Å². The molecule has 0 saturated carbocycles. The first kappa shape index (κ1) is 20.2. The third kappa shape index (κ3) is 3.03. The van der Waals surface area contributed by atoms with Gasteiger partial charge in [-0.3, -0.25) is 0 Å². The Morgan fingerprint density at radius 1 is 0.679 bits per heavy atom. The lowest BCUT2D eigenvalue weighted by Gasteiger charge is -2.59. The number of hydrogen-bond acceptors (Lipinski definition) is 3. The second kappa shape index (κ2) is 7.46. The molecule has 3 aromatic carbocycles. The van der Waals surface area contributed by atoms with E-state index in [1.165, 1.54) is 0 Å². The van der Waals surface area contributed by atoms with E-state index in [1.807, 2.05) is 112 Å². The van der Waals surface area contributed by atoms with Crippen molar-refractivity contribution in [3.8, 4) is 0 Å². The lowest BCUT2D eigenvalue weighted by molar-refractivity contribution is 0.0704. The molecule has 0 amide bonds. The van der Waals surface area contributed by atoms with E-state index in [1.54, 1.807) is 7.11 Å². The predicted molar refractivity (Wildman–Crippen MR) is 116 cm³/mol. The van der Waals surface area contributed by atoms with Crippen LogP contribution < -0.4 is 0 Å². The molecular weight excluding hydrogens is 368 g/mol. The molecule has 28 heavy (non-hydrogen) atoms. The fraction of sp³-hybridized carbons (Fsp3) is 0.208. The fourth-order valence-electron chi connectivity index (χ4n) is 3.64. The zero-order chi connectivity index (χ0) is 20.3. The molecule has 0 N–H and O–H groups in total. The van der Waals surface area contributed by atoms with Gasteiger partial charge in [0, 0.05) is 21.8 Å². The molecule has 0 aliphatic heterocycles. The van der Waals surface area contributed by atoms with E-state index >= 15 is 0 Å². The Bertz CT molecular complexity index is 832. The third-order valence-electron chi connectivity index (χ3n) is 4.85. The highest BCUT2D eigenvalue weighted by molar-refractivity contribution is 8.56. The summed E-state index contributed by atoms with van der Waals surface area (Å²) in [6.45, 7) is 5.65. The van der Waals surface area contributed by atoms with Crippen LogP contribution in [-0.2, 0) is 8.92 Å². The molecule has 3 rings (SSSR count). The van der Waals surface area contributed by atoms with Crippen LogP contribution in [0.25, 0.3) is 0 Å². The summed E-state index contributed by atoms with van der Waals surface area (Å²) in [6.07, 6.45) is 0. The first-order valence-electron chi connectivity index (χ1n) is 9.33. The minimum Gasteiger partial charge on any atom is -0.452 e.